The number of pyridine rings is 8. The Morgan fingerprint density at radius 3 is 0.779 bits per heavy atom. The smallest absolute Gasteiger partial charge is 0.0794 e. The maximum absolute atomic E-state index is 5.39. The molecule has 0 atom stereocenters. The van der Waals surface area contributed by atoms with E-state index < -0.39 is 0 Å². The normalized spacial score (nSPS) is 11.5. The molecule has 8 heterocycles. The van der Waals surface area contributed by atoms with E-state index in [-0.39, 0.29) is 0 Å². The summed E-state index contributed by atoms with van der Waals surface area (Å²) in [6, 6.07) is 112. The van der Waals surface area contributed by atoms with Crippen LogP contribution in [-0.2, 0) is 0 Å². The molecule has 0 amide bonds. The number of benzene rings is 12. The lowest BCUT2D eigenvalue weighted by Gasteiger charge is -2.17. The molecule has 104 heavy (non-hydrogen) atoms. The maximum Gasteiger partial charge on any atom is 0.0794 e. The van der Waals surface area contributed by atoms with Gasteiger partial charge in [-0.15, -0.1) is 0 Å². The molecular formula is C96H60N8. The summed E-state index contributed by atoms with van der Waals surface area (Å²) in [6.45, 7) is 0. The van der Waals surface area contributed by atoms with E-state index in [1.54, 1.807) is 12.4 Å². The van der Waals surface area contributed by atoms with Gasteiger partial charge in [-0.1, -0.05) is 206 Å². The first-order valence-corrected chi connectivity index (χ1v) is 34.9. The Hall–Kier alpha value is -14.1. The number of rotatable bonds is 10. The zero-order valence-corrected chi connectivity index (χ0v) is 56.2. The van der Waals surface area contributed by atoms with Gasteiger partial charge in [-0.05, 0) is 197 Å². The van der Waals surface area contributed by atoms with E-state index >= 15 is 0 Å². The van der Waals surface area contributed by atoms with Crippen LogP contribution in [0.25, 0.3) is 198 Å². The minimum Gasteiger partial charge on any atom is -0.265 e. The third-order valence-electron chi connectivity index (χ3n) is 20.0. The first-order chi connectivity index (χ1) is 51.6. The van der Waals surface area contributed by atoms with Crippen LogP contribution in [-0.4, -0.2) is 39.9 Å². The zero-order valence-electron chi connectivity index (χ0n) is 56.2. The van der Waals surface area contributed by atoms with Crippen LogP contribution in [0.5, 0.6) is 0 Å². The van der Waals surface area contributed by atoms with Gasteiger partial charge in [-0.2, -0.15) is 0 Å². The number of nitrogens with zero attached hydrogens (tertiary/aromatic N) is 8. The predicted octanol–water partition coefficient (Wildman–Crippen LogP) is 24.4. The molecular weight excluding hydrogens is 1270 g/mol. The van der Waals surface area contributed by atoms with E-state index in [4.69, 9.17) is 19.9 Å². The highest BCUT2D eigenvalue weighted by Crippen LogP contribution is 2.46. The van der Waals surface area contributed by atoms with Crippen LogP contribution in [0.1, 0.15) is 0 Å². The third-order valence-corrected chi connectivity index (χ3v) is 20.0. The van der Waals surface area contributed by atoms with Gasteiger partial charge in [0.05, 0.1) is 45.2 Å². The Kier molecular flexibility index (Phi) is 15.4. The Bertz CT molecular complexity index is 6200. The highest BCUT2D eigenvalue weighted by atomic mass is 14.8. The van der Waals surface area contributed by atoms with E-state index in [0.717, 1.165) is 123 Å². The molecule has 0 aliphatic heterocycles. The van der Waals surface area contributed by atoms with Crippen LogP contribution in [0.3, 0.4) is 0 Å². The van der Waals surface area contributed by atoms with Gasteiger partial charge in [0, 0.05) is 115 Å². The van der Waals surface area contributed by atoms with E-state index in [0.29, 0.717) is 0 Å². The summed E-state index contributed by atoms with van der Waals surface area (Å²) in [4.78, 5) is 38.0. The van der Waals surface area contributed by atoms with Crippen molar-refractivity contribution in [1.29, 1.82) is 0 Å². The lowest BCUT2D eigenvalue weighted by Crippen LogP contribution is -1.93. The van der Waals surface area contributed by atoms with Crippen molar-refractivity contribution in [1.82, 2.24) is 39.9 Å². The van der Waals surface area contributed by atoms with Crippen molar-refractivity contribution >= 4 is 86.4 Å². The number of hydrogen-bond acceptors (Lipinski definition) is 8. The van der Waals surface area contributed by atoms with Crippen molar-refractivity contribution in [3.63, 3.8) is 0 Å². The molecule has 0 aliphatic rings. The van der Waals surface area contributed by atoms with Crippen LogP contribution in [0.15, 0.2) is 365 Å². The van der Waals surface area contributed by atoms with Gasteiger partial charge in [0.1, 0.15) is 0 Å². The first-order valence-electron chi connectivity index (χ1n) is 34.9. The largest absolute Gasteiger partial charge is 0.265 e. The average Bonchev–Trinajstić information content (AvgIpc) is 0.722. The summed E-state index contributed by atoms with van der Waals surface area (Å²) in [5.74, 6) is 0. The molecule has 0 unspecified atom stereocenters. The standard InChI is InChI=1S/2C48H30N4/c1-3-19-40-38(17-1)39-18-2-4-20-41(39)47-46(40)42-21-5-6-22-43(42)52-48(47)34-14-8-12-32(26-34)31-11-7-13-33(25-31)37-27-44(35-15-9-23-49-29-35)51-45(28-37)36-16-10-24-50-30-36;1-3-15-40-38(13-1)39-14-2-4-16-41(39)47-46(40)42-17-5-6-18-43(42)52-48(47)36-12-8-10-34(28-36)33-9-7-11-35(27-33)37-29-44(31-19-23-49-24-20-31)51-45(30-37)32-21-25-50-26-22-32/h2*1-30H. The Balaban J connectivity index is 0.000000143. The third kappa shape index (κ3) is 11.2. The van der Waals surface area contributed by atoms with Crippen molar-refractivity contribution < 1.29 is 0 Å². The van der Waals surface area contributed by atoms with Gasteiger partial charge in [0.25, 0.3) is 0 Å². The molecule has 8 heteroatoms. The second-order valence-electron chi connectivity index (χ2n) is 26.2. The first kappa shape index (κ1) is 61.0. The quantitative estimate of drug-likeness (QED) is 0.125. The number of aromatic nitrogens is 8. The van der Waals surface area contributed by atoms with E-state index in [1.807, 2.05) is 85.7 Å². The average molecular weight is 1330 g/mol. The van der Waals surface area contributed by atoms with Gasteiger partial charge < -0.3 is 0 Å². The summed E-state index contributed by atoms with van der Waals surface area (Å²) >= 11 is 0. The topological polar surface area (TPSA) is 103 Å². The summed E-state index contributed by atoms with van der Waals surface area (Å²) in [5.41, 5.74) is 22.5. The van der Waals surface area contributed by atoms with Crippen LogP contribution >= 0.6 is 0 Å². The fourth-order valence-corrected chi connectivity index (χ4v) is 15.2. The second-order valence-corrected chi connectivity index (χ2v) is 26.2. The Morgan fingerprint density at radius 1 is 0.154 bits per heavy atom. The summed E-state index contributed by atoms with van der Waals surface area (Å²) in [6.07, 6.45) is 14.5. The molecule has 8 nitrogen and oxygen atoms in total. The summed E-state index contributed by atoms with van der Waals surface area (Å²) < 4.78 is 0. The van der Waals surface area contributed by atoms with E-state index in [2.05, 4.69) is 287 Å². The zero-order chi connectivity index (χ0) is 68.9. The minimum atomic E-state index is 0.867. The molecule has 8 aromatic heterocycles. The molecule has 0 fully saturated rings. The van der Waals surface area contributed by atoms with E-state index in [1.165, 1.54) is 75.4 Å². The highest BCUT2D eigenvalue weighted by Gasteiger charge is 2.21. The minimum absolute atomic E-state index is 0.867. The second kappa shape index (κ2) is 26.2. The molecule has 0 aliphatic carbocycles. The molecule has 0 radical (unpaired) electrons. The fourth-order valence-electron chi connectivity index (χ4n) is 15.2. The lowest BCUT2D eigenvalue weighted by molar-refractivity contribution is 1.26. The van der Waals surface area contributed by atoms with Gasteiger partial charge >= 0.3 is 0 Å². The Morgan fingerprint density at radius 2 is 0.433 bits per heavy atom. The van der Waals surface area contributed by atoms with Gasteiger partial charge in [0.2, 0.25) is 0 Å². The maximum atomic E-state index is 5.39. The molecule has 20 aromatic rings. The predicted molar refractivity (Wildman–Crippen MR) is 430 cm³/mol. The van der Waals surface area contributed by atoms with Crippen molar-refractivity contribution in [3.8, 4) is 112 Å². The SMILES string of the molecule is c1cc(-c2cccc(-c3nc4ccccc4c4c5ccccc5c5ccccc5c34)c2)cc(-c2cc(-c3cccnc3)nc(-c3cccnc3)c2)c1.c1cc(-c2cccc(-c3nc4ccccc4c4c5ccccc5c5ccccc5c34)c2)cc(-c2cc(-c3ccncc3)nc(-c3ccncc3)c2)c1. The fraction of sp³-hybridized carbons (Fsp3) is 0. The highest BCUT2D eigenvalue weighted by molar-refractivity contribution is 6.35. The van der Waals surface area contributed by atoms with Crippen LogP contribution < -0.4 is 0 Å². The van der Waals surface area contributed by atoms with Crippen molar-refractivity contribution in [2.45, 2.75) is 0 Å². The monoisotopic (exact) mass is 1320 g/mol. The van der Waals surface area contributed by atoms with E-state index in [9.17, 15) is 0 Å². The molecule has 0 saturated carbocycles. The summed E-state index contributed by atoms with van der Waals surface area (Å²) in [5, 5.41) is 17.1. The van der Waals surface area contributed by atoms with Gasteiger partial charge in [0.15, 0.2) is 0 Å². The molecule has 20 rings (SSSR count). The van der Waals surface area contributed by atoms with Crippen molar-refractivity contribution in [3.05, 3.63) is 365 Å². The summed E-state index contributed by atoms with van der Waals surface area (Å²) in [7, 11) is 0. The number of fused-ring (bicyclic) bond motifs is 16. The molecule has 484 valence electrons. The number of hydrogen-bond donors (Lipinski definition) is 0. The molecule has 12 aromatic carbocycles. The molecule has 0 saturated heterocycles. The molecule has 0 bridgehead atoms. The van der Waals surface area contributed by atoms with Crippen molar-refractivity contribution in [2.75, 3.05) is 0 Å². The van der Waals surface area contributed by atoms with Gasteiger partial charge in [-0.25, -0.2) is 19.9 Å². The number of para-hydroxylation sites is 2. The lowest BCUT2D eigenvalue weighted by atomic mass is 9.89. The van der Waals surface area contributed by atoms with Gasteiger partial charge in [-0.3, -0.25) is 19.9 Å². The van der Waals surface area contributed by atoms with Crippen LogP contribution in [0, 0.1) is 0 Å². The Labute approximate surface area is 599 Å². The van der Waals surface area contributed by atoms with Crippen LogP contribution in [0.2, 0.25) is 0 Å². The molecule has 0 N–H and O–H groups in total. The molecule has 0 spiro atoms. The van der Waals surface area contributed by atoms with Crippen LogP contribution in [0.4, 0.5) is 0 Å². The van der Waals surface area contributed by atoms with Crippen molar-refractivity contribution in [2.24, 2.45) is 0 Å².